The lowest BCUT2D eigenvalue weighted by Gasteiger charge is -2.12. The van der Waals surface area contributed by atoms with Crippen LogP contribution in [0.5, 0.6) is 0 Å². The highest BCUT2D eigenvalue weighted by Crippen LogP contribution is 2.43. The van der Waals surface area contributed by atoms with Gasteiger partial charge in [0.1, 0.15) is 0 Å². The van der Waals surface area contributed by atoms with Crippen LogP contribution >= 0.6 is 11.3 Å². The molecule has 0 aliphatic carbocycles. The van der Waals surface area contributed by atoms with Crippen molar-refractivity contribution in [1.82, 2.24) is 24.1 Å². The molecule has 0 amide bonds. The number of pyridine rings is 1. The third-order valence-corrected chi connectivity index (χ3v) is 11.2. The summed E-state index contributed by atoms with van der Waals surface area (Å²) in [6, 6.07) is 55.5. The van der Waals surface area contributed by atoms with Gasteiger partial charge in [-0.15, -0.1) is 11.3 Å². The number of rotatable bonds is 4. The fourth-order valence-electron chi connectivity index (χ4n) is 7.74. The van der Waals surface area contributed by atoms with Gasteiger partial charge >= 0.3 is 0 Å². The summed E-state index contributed by atoms with van der Waals surface area (Å²) in [7, 11) is 0. The van der Waals surface area contributed by atoms with Crippen LogP contribution in [-0.4, -0.2) is 24.1 Å². The Balaban J connectivity index is 1.18. The lowest BCUT2D eigenvalue weighted by Crippen LogP contribution is -2.04. The second kappa shape index (κ2) is 10.9. The lowest BCUT2D eigenvalue weighted by atomic mass is 10.1. The van der Waals surface area contributed by atoms with Gasteiger partial charge in [-0.05, 0) is 54.6 Å². The highest BCUT2D eigenvalue weighted by molar-refractivity contribution is 7.26. The lowest BCUT2D eigenvalue weighted by molar-refractivity contribution is 0.995. The second-order valence-corrected chi connectivity index (χ2v) is 13.9. The average molecular weight is 670 g/mol. The molecule has 0 spiro atoms. The van der Waals surface area contributed by atoms with E-state index >= 15 is 0 Å². The molecule has 6 heteroatoms. The van der Waals surface area contributed by atoms with Gasteiger partial charge in [0.25, 0.3) is 0 Å². The van der Waals surface area contributed by atoms with Gasteiger partial charge in [-0.25, -0.2) is 9.97 Å². The molecule has 0 saturated carbocycles. The molecule has 0 aliphatic rings. The number of nitrogens with zero attached hydrogens (tertiary/aromatic N) is 5. The number of hydrogen-bond donors (Lipinski definition) is 0. The van der Waals surface area contributed by atoms with Gasteiger partial charge in [0, 0.05) is 59.3 Å². The minimum atomic E-state index is 0.641. The third kappa shape index (κ3) is 4.24. The van der Waals surface area contributed by atoms with Crippen molar-refractivity contribution in [3.05, 3.63) is 164 Å². The highest BCUT2D eigenvalue weighted by Gasteiger charge is 2.21. The van der Waals surface area contributed by atoms with Gasteiger partial charge < -0.3 is 4.57 Å². The summed E-state index contributed by atoms with van der Waals surface area (Å²) in [4.78, 5) is 15.4. The number of fused-ring (bicyclic) bond motifs is 10. The average Bonchev–Trinajstić information content (AvgIpc) is 3.86. The van der Waals surface area contributed by atoms with Crippen molar-refractivity contribution >= 4 is 75.3 Å². The molecule has 0 N–H and O–H groups in total. The Morgan fingerprint density at radius 1 is 0.451 bits per heavy atom. The molecule has 0 aliphatic heterocycles. The van der Waals surface area contributed by atoms with Gasteiger partial charge in [-0.1, -0.05) is 103 Å². The van der Waals surface area contributed by atoms with E-state index in [1.165, 1.54) is 25.6 Å². The standard InChI is InChI=1S/C45H27N5S/c1-3-12-28(13-4-1)35-27-36(29-14-5-2-6-15-29)48-45(47-35)50-37-18-9-7-16-31(37)34-26-30(21-23-38(34)50)49-39-24-22-33-32-17-8-10-20-41(32)51-44(33)42(39)43-40(49)19-11-25-46-43/h1-27H. The topological polar surface area (TPSA) is 48.5 Å². The van der Waals surface area contributed by atoms with Gasteiger partial charge in [0.15, 0.2) is 0 Å². The molecule has 5 heterocycles. The molecule has 5 nitrogen and oxygen atoms in total. The summed E-state index contributed by atoms with van der Waals surface area (Å²) < 4.78 is 7.15. The summed E-state index contributed by atoms with van der Waals surface area (Å²) in [5.74, 6) is 0.641. The summed E-state index contributed by atoms with van der Waals surface area (Å²) in [5, 5.41) is 6.06. The molecule has 5 aromatic heterocycles. The van der Waals surface area contributed by atoms with Crippen molar-refractivity contribution in [2.24, 2.45) is 0 Å². The van der Waals surface area contributed by atoms with Crippen LogP contribution in [0.25, 0.3) is 98.1 Å². The van der Waals surface area contributed by atoms with Crippen LogP contribution in [0.15, 0.2) is 164 Å². The molecule has 11 rings (SSSR count). The number of thiophene rings is 1. The maximum atomic E-state index is 5.21. The van der Waals surface area contributed by atoms with Crippen LogP contribution in [0.3, 0.4) is 0 Å². The Morgan fingerprint density at radius 3 is 1.88 bits per heavy atom. The van der Waals surface area contributed by atoms with Crippen molar-refractivity contribution < 1.29 is 0 Å². The molecule has 0 bridgehead atoms. The summed E-state index contributed by atoms with van der Waals surface area (Å²) in [6.07, 6.45) is 1.91. The molecule has 0 radical (unpaired) electrons. The second-order valence-electron chi connectivity index (χ2n) is 12.9. The molecule has 238 valence electrons. The smallest absolute Gasteiger partial charge is 0.235 e. The van der Waals surface area contributed by atoms with Crippen LogP contribution in [0.2, 0.25) is 0 Å². The van der Waals surface area contributed by atoms with Gasteiger partial charge in [-0.3, -0.25) is 9.55 Å². The third-order valence-electron chi connectivity index (χ3n) is 10.00. The van der Waals surface area contributed by atoms with E-state index in [2.05, 4.69) is 149 Å². The molecule has 0 saturated heterocycles. The normalized spacial score (nSPS) is 11.9. The number of para-hydroxylation sites is 1. The maximum Gasteiger partial charge on any atom is 0.235 e. The maximum absolute atomic E-state index is 5.21. The zero-order valence-electron chi connectivity index (χ0n) is 27.2. The van der Waals surface area contributed by atoms with E-state index in [0.717, 1.165) is 66.6 Å². The first-order chi connectivity index (χ1) is 25.3. The molecule has 0 atom stereocenters. The highest BCUT2D eigenvalue weighted by atomic mass is 32.1. The Morgan fingerprint density at radius 2 is 1.10 bits per heavy atom. The quantitative estimate of drug-likeness (QED) is 0.187. The fraction of sp³-hybridized carbons (Fsp3) is 0. The molecular weight excluding hydrogens is 643 g/mol. The summed E-state index contributed by atoms with van der Waals surface area (Å²) in [5.41, 5.74) is 10.3. The molecule has 51 heavy (non-hydrogen) atoms. The van der Waals surface area contributed by atoms with Crippen molar-refractivity contribution in [1.29, 1.82) is 0 Å². The van der Waals surface area contributed by atoms with E-state index in [4.69, 9.17) is 15.0 Å². The van der Waals surface area contributed by atoms with Crippen LogP contribution in [0, 0.1) is 0 Å². The predicted molar refractivity (Wildman–Crippen MR) is 212 cm³/mol. The zero-order chi connectivity index (χ0) is 33.5. The van der Waals surface area contributed by atoms with Crippen LogP contribution < -0.4 is 0 Å². The Hall–Kier alpha value is -6.63. The summed E-state index contributed by atoms with van der Waals surface area (Å²) >= 11 is 1.85. The van der Waals surface area contributed by atoms with E-state index < -0.39 is 0 Å². The van der Waals surface area contributed by atoms with Crippen molar-refractivity contribution in [3.8, 4) is 34.2 Å². The zero-order valence-corrected chi connectivity index (χ0v) is 28.0. The number of benzene rings is 6. The minimum absolute atomic E-state index is 0.641. The first kappa shape index (κ1) is 28.2. The summed E-state index contributed by atoms with van der Waals surface area (Å²) in [6.45, 7) is 0. The van der Waals surface area contributed by atoms with Crippen molar-refractivity contribution in [3.63, 3.8) is 0 Å². The molecule has 0 unspecified atom stereocenters. The molecule has 6 aromatic carbocycles. The van der Waals surface area contributed by atoms with Crippen molar-refractivity contribution in [2.75, 3.05) is 0 Å². The van der Waals surface area contributed by atoms with Crippen LogP contribution in [-0.2, 0) is 0 Å². The monoisotopic (exact) mass is 669 g/mol. The fourth-order valence-corrected chi connectivity index (χ4v) is 8.98. The predicted octanol–water partition coefficient (Wildman–Crippen LogP) is 11.8. The first-order valence-corrected chi connectivity index (χ1v) is 17.9. The van der Waals surface area contributed by atoms with Gasteiger partial charge in [0.2, 0.25) is 5.95 Å². The Kier molecular flexibility index (Phi) is 6.05. The van der Waals surface area contributed by atoms with Crippen molar-refractivity contribution in [2.45, 2.75) is 0 Å². The van der Waals surface area contributed by atoms with E-state index in [-0.39, 0.29) is 0 Å². The molecule has 0 fully saturated rings. The van der Waals surface area contributed by atoms with Crippen LogP contribution in [0.4, 0.5) is 0 Å². The van der Waals surface area contributed by atoms with E-state index in [1.54, 1.807) is 0 Å². The van der Waals surface area contributed by atoms with E-state index in [1.807, 2.05) is 35.7 Å². The number of hydrogen-bond acceptors (Lipinski definition) is 4. The number of aromatic nitrogens is 5. The van der Waals surface area contributed by atoms with Gasteiger partial charge in [0.05, 0.1) is 39.0 Å². The first-order valence-electron chi connectivity index (χ1n) is 17.0. The minimum Gasteiger partial charge on any atom is -0.308 e. The van der Waals surface area contributed by atoms with E-state index in [9.17, 15) is 0 Å². The van der Waals surface area contributed by atoms with Gasteiger partial charge in [-0.2, -0.15) is 0 Å². The SMILES string of the molecule is c1ccc(-c2cc(-c3ccccc3)nc(-n3c4ccccc4c4cc(-n5c6cccnc6c6c7sc8ccccc8c7ccc65)ccc43)n2)cc1. The Bertz CT molecular complexity index is 3080. The molecular formula is C45H27N5S. The largest absolute Gasteiger partial charge is 0.308 e. The van der Waals surface area contributed by atoms with Crippen LogP contribution in [0.1, 0.15) is 0 Å². The van der Waals surface area contributed by atoms with E-state index in [0.29, 0.717) is 5.95 Å². The molecule has 11 aromatic rings. The Labute approximate surface area is 296 Å².